The molecule has 0 unspecified atom stereocenters. The lowest BCUT2D eigenvalue weighted by Crippen LogP contribution is -2.14. The third-order valence-corrected chi connectivity index (χ3v) is 4.21. The molecule has 31 heavy (non-hydrogen) atoms. The van der Waals surface area contributed by atoms with Crippen LogP contribution in [0.25, 0.3) is 6.08 Å². The van der Waals surface area contributed by atoms with Crippen molar-refractivity contribution < 1.29 is 38.1 Å². The first-order valence-corrected chi connectivity index (χ1v) is 10.0. The highest BCUT2D eigenvalue weighted by atomic mass is 32.1. The summed E-state index contributed by atoms with van der Waals surface area (Å²) in [6.07, 6.45) is -0.760. The lowest BCUT2D eigenvalue weighted by Gasteiger charge is -2.11. The fourth-order valence-electron chi connectivity index (χ4n) is 2.16. The summed E-state index contributed by atoms with van der Waals surface area (Å²) in [5, 5.41) is 13.0. The first kappa shape index (κ1) is 23.4. The van der Waals surface area contributed by atoms with Crippen LogP contribution < -0.4 is 9.47 Å². The van der Waals surface area contributed by atoms with E-state index in [1.54, 1.807) is 26.0 Å². The van der Waals surface area contributed by atoms with E-state index in [9.17, 15) is 19.6 Å². The van der Waals surface area contributed by atoms with Crippen LogP contribution in [0.2, 0.25) is 0 Å². The Bertz CT molecular complexity index is 991. The van der Waals surface area contributed by atoms with E-state index in [0.29, 0.717) is 5.56 Å². The monoisotopic (exact) mass is 445 g/mol. The van der Waals surface area contributed by atoms with E-state index in [-0.39, 0.29) is 36.9 Å². The highest BCUT2D eigenvalue weighted by Crippen LogP contribution is 2.30. The molecule has 9 nitrogen and oxygen atoms in total. The van der Waals surface area contributed by atoms with Gasteiger partial charge < -0.3 is 23.7 Å². The molecule has 0 saturated carbocycles. The minimum absolute atomic E-state index is 0.0326. The average molecular weight is 445 g/mol. The maximum Gasteiger partial charge on any atom is 0.513 e. The van der Waals surface area contributed by atoms with Crippen LogP contribution in [0.5, 0.6) is 11.5 Å². The molecule has 0 aliphatic heterocycles. The zero-order chi connectivity index (χ0) is 22.6. The van der Waals surface area contributed by atoms with Crippen molar-refractivity contribution in [3.8, 4) is 17.6 Å². The summed E-state index contributed by atoms with van der Waals surface area (Å²) in [6, 6.07) is 7.65. The minimum Gasteiger partial charge on any atom is -0.457 e. The fraction of sp³-hybridized carbons (Fsp3) is 0.238. The summed E-state index contributed by atoms with van der Waals surface area (Å²) in [6.45, 7) is 3.39. The quantitative estimate of drug-likeness (QED) is 0.190. The first-order chi connectivity index (χ1) is 15.0. The molecular formula is C21H19NO8S. The molecule has 2 aromatic rings. The number of ether oxygens (including phenoxy) is 5. The molecule has 10 heteroatoms. The molecule has 0 spiro atoms. The number of thiophene rings is 1. The summed E-state index contributed by atoms with van der Waals surface area (Å²) in [4.78, 5) is 35.5. The van der Waals surface area contributed by atoms with Crippen molar-refractivity contribution in [1.82, 2.24) is 0 Å². The van der Waals surface area contributed by atoms with Gasteiger partial charge in [-0.05, 0) is 54.4 Å². The molecule has 0 aliphatic rings. The lowest BCUT2D eigenvalue weighted by molar-refractivity contribution is -0.139. The van der Waals surface area contributed by atoms with Crippen LogP contribution in [0.3, 0.4) is 0 Å². The summed E-state index contributed by atoms with van der Waals surface area (Å²) < 4.78 is 24.6. The van der Waals surface area contributed by atoms with Crippen molar-refractivity contribution in [2.24, 2.45) is 0 Å². The van der Waals surface area contributed by atoms with Gasteiger partial charge in [-0.15, -0.1) is 0 Å². The SMILES string of the molecule is CCOC(=O)Oc1ccc(/C=C(\C#N)C(=O)OCc2ccsc2)cc1OC(=O)OCC. The highest BCUT2D eigenvalue weighted by Gasteiger charge is 2.17. The van der Waals surface area contributed by atoms with E-state index in [1.165, 1.54) is 35.6 Å². The molecule has 0 amide bonds. The number of hydrogen-bond donors (Lipinski definition) is 0. The van der Waals surface area contributed by atoms with Crippen LogP contribution in [0, 0.1) is 11.3 Å². The summed E-state index contributed by atoms with van der Waals surface area (Å²) in [7, 11) is 0. The topological polar surface area (TPSA) is 121 Å². The van der Waals surface area contributed by atoms with Gasteiger partial charge in [0, 0.05) is 5.56 Å². The van der Waals surface area contributed by atoms with Crippen LogP contribution in [0.15, 0.2) is 40.6 Å². The molecule has 0 N–H and O–H groups in total. The standard InChI is InChI=1S/C21H19NO8S/c1-3-26-20(24)29-17-6-5-14(10-18(17)30-21(25)27-4-2)9-16(11-22)19(23)28-12-15-7-8-31-13-15/h5-10,13H,3-4,12H2,1-2H3/b16-9+. The molecule has 0 fully saturated rings. The van der Waals surface area contributed by atoms with Gasteiger partial charge in [-0.3, -0.25) is 0 Å². The van der Waals surface area contributed by atoms with Gasteiger partial charge in [-0.2, -0.15) is 16.6 Å². The summed E-state index contributed by atoms with van der Waals surface area (Å²) in [5.74, 6) is -1.08. The third-order valence-electron chi connectivity index (χ3n) is 3.48. The fourth-order valence-corrected chi connectivity index (χ4v) is 2.81. The van der Waals surface area contributed by atoms with Gasteiger partial charge >= 0.3 is 18.3 Å². The number of carbonyl (C=O) groups excluding carboxylic acids is 3. The van der Waals surface area contributed by atoms with Crippen molar-refractivity contribution >= 4 is 35.7 Å². The number of nitrogens with zero attached hydrogens (tertiary/aromatic N) is 1. The van der Waals surface area contributed by atoms with E-state index < -0.39 is 18.3 Å². The summed E-state index contributed by atoms with van der Waals surface area (Å²) in [5.41, 5.74) is 0.858. The Hall–Kier alpha value is -3.84. The van der Waals surface area contributed by atoms with Crippen LogP contribution >= 0.6 is 11.3 Å². The maximum absolute atomic E-state index is 12.2. The normalized spacial score (nSPS) is 10.5. The molecule has 0 atom stereocenters. The van der Waals surface area contributed by atoms with E-state index in [4.69, 9.17) is 23.7 Å². The minimum atomic E-state index is -1.02. The summed E-state index contributed by atoms with van der Waals surface area (Å²) >= 11 is 1.46. The molecule has 1 heterocycles. The van der Waals surface area contributed by atoms with Crippen molar-refractivity contribution in [3.63, 3.8) is 0 Å². The second-order valence-electron chi connectivity index (χ2n) is 5.65. The van der Waals surface area contributed by atoms with Crippen LogP contribution in [-0.4, -0.2) is 31.5 Å². The van der Waals surface area contributed by atoms with Crippen molar-refractivity contribution in [3.05, 3.63) is 51.7 Å². The van der Waals surface area contributed by atoms with Gasteiger partial charge in [-0.1, -0.05) is 6.07 Å². The number of nitriles is 1. The maximum atomic E-state index is 12.2. The molecular weight excluding hydrogens is 426 g/mol. The van der Waals surface area contributed by atoms with Gasteiger partial charge in [-0.25, -0.2) is 14.4 Å². The van der Waals surface area contributed by atoms with E-state index in [2.05, 4.69) is 0 Å². The molecule has 162 valence electrons. The van der Waals surface area contributed by atoms with Crippen LogP contribution in [0.4, 0.5) is 9.59 Å². The number of hydrogen-bond acceptors (Lipinski definition) is 10. The van der Waals surface area contributed by atoms with Gasteiger partial charge in [0.2, 0.25) is 0 Å². The largest absolute Gasteiger partial charge is 0.513 e. The Balaban J connectivity index is 2.24. The number of rotatable bonds is 8. The molecule has 1 aromatic carbocycles. The highest BCUT2D eigenvalue weighted by molar-refractivity contribution is 7.07. The van der Waals surface area contributed by atoms with Crippen LogP contribution in [-0.2, 0) is 25.6 Å². The Labute approximate surface area is 182 Å². The van der Waals surface area contributed by atoms with Gasteiger partial charge in [0.25, 0.3) is 0 Å². The number of esters is 1. The predicted molar refractivity (Wildman–Crippen MR) is 109 cm³/mol. The van der Waals surface area contributed by atoms with E-state index in [1.807, 2.05) is 10.8 Å². The number of benzene rings is 1. The zero-order valence-electron chi connectivity index (χ0n) is 16.8. The van der Waals surface area contributed by atoms with Gasteiger partial charge in [0.1, 0.15) is 18.2 Å². The van der Waals surface area contributed by atoms with E-state index >= 15 is 0 Å². The van der Waals surface area contributed by atoms with Crippen molar-refractivity contribution in [1.29, 1.82) is 5.26 Å². The third kappa shape index (κ3) is 7.49. The molecule has 0 bridgehead atoms. The predicted octanol–water partition coefficient (Wildman–Crippen LogP) is 4.47. The molecule has 0 saturated heterocycles. The molecule has 2 rings (SSSR count). The molecule has 1 aromatic heterocycles. The van der Waals surface area contributed by atoms with E-state index in [0.717, 1.165) is 5.56 Å². The second-order valence-corrected chi connectivity index (χ2v) is 6.43. The smallest absolute Gasteiger partial charge is 0.457 e. The second kappa shape index (κ2) is 12.0. The Morgan fingerprint density at radius 2 is 1.68 bits per heavy atom. The van der Waals surface area contributed by atoms with Crippen molar-refractivity contribution in [2.75, 3.05) is 13.2 Å². The van der Waals surface area contributed by atoms with Crippen molar-refractivity contribution in [2.45, 2.75) is 20.5 Å². The average Bonchev–Trinajstić information content (AvgIpc) is 3.26. The Kier molecular flexibility index (Phi) is 9.07. The Morgan fingerprint density at radius 3 is 2.26 bits per heavy atom. The lowest BCUT2D eigenvalue weighted by atomic mass is 10.1. The zero-order valence-corrected chi connectivity index (χ0v) is 17.6. The molecule has 0 aliphatic carbocycles. The first-order valence-electron chi connectivity index (χ1n) is 9.10. The molecule has 0 radical (unpaired) electrons. The number of carbonyl (C=O) groups is 3. The van der Waals surface area contributed by atoms with Gasteiger partial charge in [0.05, 0.1) is 13.2 Å². The van der Waals surface area contributed by atoms with Gasteiger partial charge in [0.15, 0.2) is 11.5 Å². The van der Waals surface area contributed by atoms with Crippen LogP contribution in [0.1, 0.15) is 25.0 Å². The Morgan fingerprint density at radius 1 is 1.00 bits per heavy atom.